The van der Waals surface area contributed by atoms with Crippen molar-refractivity contribution in [2.75, 3.05) is 0 Å². The van der Waals surface area contributed by atoms with Crippen molar-refractivity contribution in [3.8, 4) is 0 Å². The zero-order chi connectivity index (χ0) is 18.4. The summed E-state index contributed by atoms with van der Waals surface area (Å²) in [5, 5.41) is 0. The highest BCUT2D eigenvalue weighted by atomic mass is 17.2. The maximum Gasteiger partial charge on any atom is 0.359 e. The number of hydrogen-bond donors (Lipinski definition) is 2. The molecule has 0 aliphatic rings. The summed E-state index contributed by atoms with van der Waals surface area (Å²) in [6.07, 6.45) is -0.121. The van der Waals surface area contributed by atoms with E-state index in [1.54, 1.807) is 20.8 Å². The Morgan fingerprint density at radius 1 is 0.913 bits per heavy atom. The van der Waals surface area contributed by atoms with Crippen LogP contribution in [-0.4, -0.2) is 35.7 Å². The highest BCUT2D eigenvalue weighted by Gasteiger charge is 2.30. The van der Waals surface area contributed by atoms with Crippen molar-refractivity contribution in [1.82, 2.24) is 0 Å². The average molecular weight is 332 g/mol. The number of esters is 1. The van der Waals surface area contributed by atoms with Crippen LogP contribution < -0.4 is 11.5 Å². The molecule has 0 radical (unpaired) electrons. The number of carbonyl (C=O) groups is 2. The zero-order valence-corrected chi connectivity index (χ0v) is 15.3. The molecule has 3 atom stereocenters. The van der Waals surface area contributed by atoms with Gasteiger partial charge in [0, 0.05) is 6.42 Å². The van der Waals surface area contributed by atoms with Gasteiger partial charge in [-0.05, 0) is 32.6 Å². The maximum atomic E-state index is 11.9. The second-order valence-electron chi connectivity index (χ2n) is 7.23. The van der Waals surface area contributed by atoms with Crippen LogP contribution in [0.4, 0.5) is 0 Å². The van der Waals surface area contributed by atoms with Crippen molar-refractivity contribution in [2.45, 2.75) is 78.7 Å². The Morgan fingerprint density at radius 2 is 1.35 bits per heavy atom. The zero-order valence-electron chi connectivity index (χ0n) is 15.3. The third-order valence-electron chi connectivity index (χ3n) is 3.43. The lowest BCUT2D eigenvalue weighted by atomic mass is 10.0. The van der Waals surface area contributed by atoms with Crippen molar-refractivity contribution in [2.24, 2.45) is 23.3 Å². The molecule has 7 heteroatoms. The van der Waals surface area contributed by atoms with Crippen molar-refractivity contribution in [3.05, 3.63) is 0 Å². The third kappa shape index (κ3) is 8.29. The van der Waals surface area contributed by atoms with Gasteiger partial charge in [0.05, 0.1) is 0 Å². The quantitative estimate of drug-likeness (QED) is 0.374. The van der Waals surface area contributed by atoms with Crippen molar-refractivity contribution in [1.29, 1.82) is 0 Å². The molecule has 0 aromatic rings. The predicted molar refractivity (Wildman–Crippen MR) is 87.1 cm³/mol. The molecule has 0 heterocycles. The van der Waals surface area contributed by atoms with E-state index in [-0.39, 0.29) is 11.8 Å². The van der Waals surface area contributed by atoms with E-state index in [4.69, 9.17) is 26.0 Å². The normalized spacial score (nSPS) is 16.1. The fraction of sp³-hybridized carbons (Fsp3) is 0.875. The molecule has 3 unspecified atom stereocenters. The van der Waals surface area contributed by atoms with Gasteiger partial charge in [-0.25, -0.2) is 4.79 Å². The Kier molecular flexibility index (Phi) is 8.73. The van der Waals surface area contributed by atoms with Crippen LogP contribution in [0.25, 0.3) is 0 Å². The van der Waals surface area contributed by atoms with E-state index in [2.05, 4.69) is 0 Å². The van der Waals surface area contributed by atoms with Crippen LogP contribution >= 0.6 is 0 Å². The van der Waals surface area contributed by atoms with Crippen LogP contribution in [0.3, 0.4) is 0 Å². The molecule has 0 aliphatic heterocycles. The van der Waals surface area contributed by atoms with Crippen molar-refractivity contribution in [3.63, 3.8) is 0 Å². The number of rotatable bonds is 9. The van der Waals surface area contributed by atoms with Crippen LogP contribution in [0.2, 0.25) is 0 Å². The second kappa shape index (κ2) is 9.20. The highest BCUT2D eigenvalue weighted by molar-refractivity contribution is 5.76. The van der Waals surface area contributed by atoms with Crippen molar-refractivity contribution < 1.29 is 24.1 Å². The van der Waals surface area contributed by atoms with E-state index >= 15 is 0 Å². The Hall–Kier alpha value is -1.18. The van der Waals surface area contributed by atoms with E-state index in [0.29, 0.717) is 6.42 Å². The molecule has 0 bridgehead atoms. The van der Waals surface area contributed by atoms with Gasteiger partial charge in [0.1, 0.15) is 23.8 Å². The molecule has 0 rings (SSSR count). The van der Waals surface area contributed by atoms with Gasteiger partial charge in [0.2, 0.25) is 0 Å². The molecule has 7 nitrogen and oxygen atoms in total. The van der Waals surface area contributed by atoms with Crippen LogP contribution in [-0.2, 0) is 24.1 Å². The van der Waals surface area contributed by atoms with Gasteiger partial charge in [-0.2, -0.15) is 4.89 Å². The highest BCUT2D eigenvalue weighted by Crippen LogP contribution is 2.20. The van der Waals surface area contributed by atoms with Crippen molar-refractivity contribution >= 4 is 11.9 Å². The fourth-order valence-electron chi connectivity index (χ4n) is 1.84. The molecular weight excluding hydrogens is 300 g/mol. The Balaban J connectivity index is 4.39. The lowest BCUT2D eigenvalue weighted by Gasteiger charge is -2.29. The lowest BCUT2D eigenvalue weighted by Crippen LogP contribution is -2.43. The van der Waals surface area contributed by atoms with Crippen LogP contribution in [0, 0.1) is 11.8 Å². The molecular formula is C16H32N2O5. The summed E-state index contributed by atoms with van der Waals surface area (Å²) in [7, 11) is 0. The number of hydrogen-bond acceptors (Lipinski definition) is 7. The topological polar surface area (TPSA) is 114 Å². The van der Waals surface area contributed by atoms with Gasteiger partial charge in [-0.15, -0.1) is 0 Å². The largest absolute Gasteiger partial charge is 0.458 e. The van der Waals surface area contributed by atoms with E-state index in [9.17, 15) is 9.59 Å². The Bertz CT molecular complexity index is 396. The predicted octanol–water partition coefficient (Wildman–Crippen LogP) is 1.53. The van der Waals surface area contributed by atoms with Crippen LogP contribution in [0.5, 0.6) is 0 Å². The Morgan fingerprint density at radius 3 is 1.78 bits per heavy atom. The summed E-state index contributed by atoms with van der Waals surface area (Å²) in [5.74, 6) is -1.14. The van der Waals surface area contributed by atoms with E-state index in [1.807, 2.05) is 27.7 Å². The van der Waals surface area contributed by atoms with Gasteiger partial charge < -0.3 is 16.2 Å². The molecule has 0 aliphatic carbocycles. The maximum absolute atomic E-state index is 11.9. The summed E-state index contributed by atoms with van der Waals surface area (Å²) in [5.41, 5.74) is 10.6. The molecule has 136 valence electrons. The van der Waals surface area contributed by atoms with Gasteiger partial charge in [-0.3, -0.25) is 9.68 Å². The average Bonchev–Trinajstić information content (AvgIpc) is 2.41. The number of nitrogens with two attached hydrogens (primary N) is 2. The molecule has 4 N–H and O–H groups in total. The molecule has 0 fully saturated rings. The first-order valence-electron chi connectivity index (χ1n) is 7.98. The number of ether oxygens (including phenoxy) is 1. The minimum absolute atomic E-state index is 0.00884. The molecule has 0 spiro atoms. The van der Waals surface area contributed by atoms with Gasteiger partial charge >= 0.3 is 11.9 Å². The monoisotopic (exact) mass is 332 g/mol. The summed E-state index contributed by atoms with van der Waals surface area (Å²) in [6.45, 7) is 12.5. The third-order valence-corrected chi connectivity index (χ3v) is 3.43. The van der Waals surface area contributed by atoms with E-state index in [1.165, 1.54) is 0 Å². The first-order chi connectivity index (χ1) is 10.4. The molecule has 0 amide bonds. The lowest BCUT2D eigenvalue weighted by molar-refractivity contribution is -0.301. The van der Waals surface area contributed by atoms with Crippen LogP contribution in [0.1, 0.15) is 54.9 Å². The first kappa shape index (κ1) is 21.8. The standard InChI is InChI=1S/C16H32N2O5/c1-9(2)12(17)14(19)21-16(6,7)8-11(5)22-23-15(20)13(18)10(3)4/h9-13H,8,17-18H2,1-7H3. The summed E-state index contributed by atoms with van der Waals surface area (Å²) < 4.78 is 5.41. The first-order valence-corrected chi connectivity index (χ1v) is 7.98. The van der Waals surface area contributed by atoms with Gasteiger partial charge in [-0.1, -0.05) is 27.7 Å². The summed E-state index contributed by atoms with van der Waals surface area (Å²) in [6, 6.07) is -1.41. The molecule has 23 heavy (non-hydrogen) atoms. The Labute approximate surface area is 138 Å². The van der Waals surface area contributed by atoms with E-state index in [0.717, 1.165) is 0 Å². The van der Waals surface area contributed by atoms with E-state index < -0.39 is 35.7 Å². The molecule has 0 aromatic heterocycles. The summed E-state index contributed by atoms with van der Waals surface area (Å²) >= 11 is 0. The second-order valence-corrected chi connectivity index (χ2v) is 7.23. The summed E-state index contributed by atoms with van der Waals surface area (Å²) in [4.78, 5) is 33.3. The molecule has 0 saturated heterocycles. The van der Waals surface area contributed by atoms with Gasteiger partial charge in [0.25, 0.3) is 0 Å². The molecule has 0 saturated carbocycles. The SMILES string of the molecule is CC(CC(C)(C)OC(=O)C(N)C(C)C)OOC(=O)C(N)C(C)C. The van der Waals surface area contributed by atoms with Gasteiger partial charge in [0.15, 0.2) is 0 Å². The minimum atomic E-state index is -0.796. The smallest absolute Gasteiger partial charge is 0.359 e. The minimum Gasteiger partial charge on any atom is -0.458 e. The molecule has 0 aromatic carbocycles. The fourth-order valence-corrected chi connectivity index (χ4v) is 1.84. The van der Waals surface area contributed by atoms with Crippen LogP contribution in [0.15, 0.2) is 0 Å². The number of carbonyl (C=O) groups excluding carboxylic acids is 2.